The van der Waals surface area contributed by atoms with Crippen LogP contribution < -0.4 is 10.1 Å². The van der Waals surface area contributed by atoms with Gasteiger partial charge >= 0.3 is 0 Å². The maximum Gasteiger partial charge on any atom is 0.121 e. The third-order valence-electron chi connectivity index (χ3n) is 7.28. The number of benzene rings is 1. The minimum Gasteiger partial charge on any atom is -0.497 e. The number of hydrogen-bond donors (Lipinski definition) is 1. The van der Waals surface area contributed by atoms with Crippen LogP contribution in [0, 0.1) is 12.8 Å². The lowest BCUT2D eigenvalue weighted by Crippen LogP contribution is -2.28. The van der Waals surface area contributed by atoms with Crippen molar-refractivity contribution in [3.05, 3.63) is 29.7 Å². The molecule has 5 heteroatoms. The Hall–Kier alpha value is -2.14. The van der Waals surface area contributed by atoms with E-state index in [-0.39, 0.29) is 0 Å². The lowest BCUT2D eigenvalue weighted by atomic mass is 9.88. The van der Waals surface area contributed by atoms with Crippen molar-refractivity contribution in [3.8, 4) is 5.75 Å². The molecule has 1 aliphatic heterocycles. The molecule has 5 rings (SSSR count). The van der Waals surface area contributed by atoms with Crippen LogP contribution >= 0.6 is 0 Å². The van der Waals surface area contributed by atoms with Crippen molar-refractivity contribution in [2.75, 3.05) is 20.2 Å². The van der Waals surface area contributed by atoms with E-state index in [1.807, 2.05) is 0 Å². The summed E-state index contributed by atoms with van der Waals surface area (Å²) >= 11 is 0. The van der Waals surface area contributed by atoms with Crippen molar-refractivity contribution < 1.29 is 4.74 Å². The second-order valence-electron chi connectivity index (χ2n) is 9.22. The van der Waals surface area contributed by atoms with E-state index in [4.69, 9.17) is 14.7 Å². The van der Waals surface area contributed by atoms with Crippen molar-refractivity contribution in [3.63, 3.8) is 0 Å². The van der Waals surface area contributed by atoms with Crippen LogP contribution in [-0.2, 0) is 6.54 Å². The molecule has 1 saturated carbocycles. The number of fused-ring (bicyclic) bond motifs is 3. The van der Waals surface area contributed by atoms with E-state index in [1.54, 1.807) is 7.11 Å². The number of piperidine rings is 1. The fourth-order valence-corrected chi connectivity index (χ4v) is 5.54. The molecule has 0 unspecified atom stereocenters. The van der Waals surface area contributed by atoms with E-state index >= 15 is 0 Å². The molecule has 0 spiro atoms. The average molecular weight is 407 g/mol. The molecule has 2 aromatic heterocycles. The minimum atomic E-state index is 0.590. The van der Waals surface area contributed by atoms with E-state index in [2.05, 4.69) is 35.0 Å². The summed E-state index contributed by atoms with van der Waals surface area (Å²) in [5, 5.41) is 4.71. The van der Waals surface area contributed by atoms with Gasteiger partial charge in [-0.15, -0.1) is 0 Å². The van der Waals surface area contributed by atoms with E-state index in [1.165, 1.54) is 68.1 Å². The lowest BCUT2D eigenvalue weighted by Gasteiger charge is -2.25. The second-order valence-corrected chi connectivity index (χ2v) is 9.22. The fourth-order valence-electron chi connectivity index (χ4n) is 5.54. The number of nitrogens with zero attached hydrogens (tertiary/aromatic N) is 3. The predicted molar refractivity (Wildman–Crippen MR) is 122 cm³/mol. The summed E-state index contributed by atoms with van der Waals surface area (Å²) in [4.78, 5) is 10.1. The number of nitrogens with one attached hydrogen (secondary N) is 1. The average Bonchev–Trinajstić information content (AvgIpc) is 3.19. The molecule has 1 aliphatic carbocycles. The van der Waals surface area contributed by atoms with Gasteiger partial charge in [-0.05, 0) is 70.2 Å². The second kappa shape index (κ2) is 8.54. The minimum absolute atomic E-state index is 0.590. The maximum absolute atomic E-state index is 5.46. The van der Waals surface area contributed by atoms with Gasteiger partial charge in [0.1, 0.15) is 17.1 Å². The fraction of sp³-hybridized carbons (Fsp3) is 0.600. The van der Waals surface area contributed by atoms with Gasteiger partial charge < -0.3 is 14.6 Å². The molecule has 30 heavy (non-hydrogen) atoms. The smallest absolute Gasteiger partial charge is 0.121 e. The summed E-state index contributed by atoms with van der Waals surface area (Å²) in [5.74, 6) is 3.58. The summed E-state index contributed by atoms with van der Waals surface area (Å²) in [5.41, 5.74) is 4.43. The van der Waals surface area contributed by atoms with Gasteiger partial charge in [0, 0.05) is 23.9 Å². The van der Waals surface area contributed by atoms with Crippen LogP contribution in [-0.4, -0.2) is 34.7 Å². The topological polar surface area (TPSA) is 52.0 Å². The Balaban J connectivity index is 1.63. The monoisotopic (exact) mass is 406 g/mol. The van der Waals surface area contributed by atoms with Crippen molar-refractivity contribution in [2.24, 2.45) is 5.92 Å². The summed E-state index contributed by atoms with van der Waals surface area (Å²) in [7, 11) is 1.72. The molecule has 0 bridgehead atoms. The summed E-state index contributed by atoms with van der Waals surface area (Å²) < 4.78 is 8.04. The third-order valence-corrected chi connectivity index (χ3v) is 7.28. The van der Waals surface area contributed by atoms with Crippen molar-refractivity contribution in [1.82, 2.24) is 19.9 Å². The van der Waals surface area contributed by atoms with Crippen LogP contribution in [0.5, 0.6) is 5.75 Å². The lowest BCUT2D eigenvalue weighted by molar-refractivity contribution is 0.333. The Labute approximate surface area is 179 Å². The quantitative estimate of drug-likeness (QED) is 0.621. The molecular weight excluding hydrogens is 372 g/mol. The van der Waals surface area contributed by atoms with E-state index in [0.717, 1.165) is 48.0 Å². The van der Waals surface area contributed by atoms with Gasteiger partial charge in [-0.25, -0.2) is 4.98 Å². The van der Waals surface area contributed by atoms with Crippen LogP contribution in [0.1, 0.15) is 68.8 Å². The third kappa shape index (κ3) is 3.68. The molecule has 160 valence electrons. The van der Waals surface area contributed by atoms with Gasteiger partial charge in [-0.1, -0.05) is 19.3 Å². The van der Waals surface area contributed by atoms with Gasteiger partial charge in [0.2, 0.25) is 0 Å². The molecule has 1 N–H and O–H groups in total. The van der Waals surface area contributed by atoms with E-state index in [9.17, 15) is 0 Å². The zero-order chi connectivity index (χ0) is 20.5. The molecule has 2 aliphatic rings. The summed E-state index contributed by atoms with van der Waals surface area (Å²) in [6.07, 6.45) is 10.4. The number of hydrogen-bond acceptors (Lipinski definition) is 4. The largest absolute Gasteiger partial charge is 0.497 e. The number of ether oxygens (including phenoxy) is 1. The van der Waals surface area contributed by atoms with Gasteiger partial charge in [-0.2, -0.15) is 0 Å². The highest BCUT2D eigenvalue weighted by atomic mass is 16.5. The number of imidazole rings is 1. The van der Waals surface area contributed by atoms with E-state index < -0.39 is 0 Å². The molecule has 0 radical (unpaired) electrons. The van der Waals surface area contributed by atoms with Gasteiger partial charge in [-0.3, -0.25) is 4.98 Å². The molecular formula is C25H34N4O. The first-order valence-corrected chi connectivity index (χ1v) is 11.8. The standard InChI is InChI=1S/C25H34N4O/c1-17-23-24(21-9-8-20(30-2)16-22(21)27-17)29(15-12-18-10-13-26-14-11-18)25(28-23)19-6-4-3-5-7-19/h8-9,16,18-19,26H,3-7,10-15H2,1-2H3. The highest BCUT2D eigenvalue weighted by Crippen LogP contribution is 2.37. The zero-order valence-electron chi connectivity index (χ0n) is 18.4. The Morgan fingerprint density at radius 1 is 1.07 bits per heavy atom. The van der Waals surface area contributed by atoms with Gasteiger partial charge in [0.25, 0.3) is 0 Å². The number of aromatic nitrogens is 3. The van der Waals surface area contributed by atoms with Crippen LogP contribution in [0.25, 0.3) is 21.9 Å². The van der Waals surface area contributed by atoms with Gasteiger partial charge in [0.15, 0.2) is 0 Å². The van der Waals surface area contributed by atoms with E-state index in [0.29, 0.717) is 5.92 Å². The Kier molecular flexibility index (Phi) is 5.64. The molecule has 5 nitrogen and oxygen atoms in total. The molecule has 1 aromatic carbocycles. The number of rotatable bonds is 5. The molecule has 3 aromatic rings. The SMILES string of the molecule is COc1ccc2c(c1)nc(C)c1nc(C3CCCCC3)n(CCC3CCNCC3)c12. The van der Waals surface area contributed by atoms with Crippen LogP contribution in [0.3, 0.4) is 0 Å². The normalized spacial score (nSPS) is 19.0. The summed E-state index contributed by atoms with van der Waals surface area (Å²) in [6, 6.07) is 6.30. The maximum atomic E-state index is 5.46. The first-order chi connectivity index (χ1) is 14.7. The van der Waals surface area contributed by atoms with Crippen LogP contribution in [0.4, 0.5) is 0 Å². The molecule has 3 heterocycles. The van der Waals surface area contributed by atoms with Crippen molar-refractivity contribution in [1.29, 1.82) is 0 Å². The first kappa shape index (κ1) is 19.8. The Morgan fingerprint density at radius 2 is 1.87 bits per heavy atom. The molecule has 2 fully saturated rings. The highest BCUT2D eigenvalue weighted by molar-refractivity contribution is 6.04. The highest BCUT2D eigenvalue weighted by Gasteiger charge is 2.25. The number of aryl methyl sites for hydroxylation is 2. The predicted octanol–water partition coefficient (Wildman–Crippen LogP) is 5.34. The summed E-state index contributed by atoms with van der Waals surface area (Å²) in [6.45, 7) is 5.50. The first-order valence-electron chi connectivity index (χ1n) is 11.8. The van der Waals surface area contributed by atoms with Crippen molar-refractivity contribution in [2.45, 2.75) is 70.8 Å². The molecule has 0 atom stereocenters. The molecule has 1 saturated heterocycles. The molecule has 0 amide bonds. The Morgan fingerprint density at radius 3 is 2.63 bits per heavy atom. The zero-order valence-corrected chi connectivity index (χ0v) is 18.4. The van der Waals surface area contributed by atoms with Crippen molar-refractivity contribution >= 4 is 21.9 Å². The van der Waals surface area contributed by atoms with Crippen LogP contribution in [0.2, 0.25) is 0 Å². The number of methoxy groups -OCH3 is 1. The Bertz CT molecular complexity index is 1030. The van der Waals surface area contributed by atoms with Gasteiger partial charge in [0.05, 0.1) is 23.8 Å². The van der Waals surface area contributed by atoms with Crippen LogP contribution in [0.15, 0.2) is 18.2 Å². The number of pyridine rings is 1.